The van der Waals surface area contributed by atoms with Crippen molar-refractivity contribution in [2.75, 3.05) is 0 Å². The lowest BCUT2D eigenvalue weighted by molar-refractivity contribution is -0.289. The van der Waals surface area contributed by atoms with E-state index < -0.39 is 17.8 Å². The summed E-state index contributed by atoms with van der Waals surface area (Å²) in [6.45, 7) is 16.6. The predicted octanol–water partition coefficient (Wildman–Crippen LogP) is 6.29. The molecule has 0 amide bonds. The minimum Gasteiger partial charge on any atom is -0.457 e. The zero-order valence-electron chi connectivity index (χ0n) is 22.9. The number of rotatable bonds is 0. The van der Waals surface area contributed by atoms with Gasteiger partial charge in [0.15, 0.2) is 0 Å². The smallest absolute Gasteiger partial charge is 0.313 e. The van der Waals surface area contributed by atoms with Crippen molar-refractivity contribution in [1.82, 2.24) is 0 Å². The van der Waals surface area contributed by atoms with E-state index >= 15 is 0 Å². The van der Waals surface area contributed by atoms with Gasteiger partial charge in [0, 0.05) is 11.3 Å². The maximum atomic E-state index is 13.8. The Balaban J connectivity index is 1.49. The van der Waals surface area contributed by atoms with Crippen LogP contribution in [0.25, 0.3) is 0 Å². The number of aliphatic hydroxyl groups is 2. The quantitative estimate of drug-likeness (QED) is 0.195. The molecule has 198 valence electrons. The Kier molecular flexibility index (Phi) is 5.08. The molecule has 1 aliphatic heterocycles. The van der Waals surface area contributed by atoms with Crippen molar-refractivity contribution in [2.45, 2.75) is 128 Å². The lowest BCUT2D eigenvalue weighted by Gasteiger charge is -2.75. The van der Waals surface area contributed by atoms with E-state index in [1.54, 1.807) is 0 Å². The number of alkyl halides is 1. The standard InChI is InChI=1S/C30H47IO4/c1-24(2)10-12-29-13-11-28(7)27(6)9-8-18-25(3,4)22(33)17(32)15-26(18,5)19(27)14-21(31)30(28,20(29)16-24)35-23(29)34/h17-22,32-33H,8-16H2,1-7H3/t17-,18+,19-,20-,21+,22+,26+,27-,28+,29+,30-/m1/s1. The number of hydrogen-bond acceptors (Lipinski definition) is 4. The number of carbonyl (C=O) groups excluding carboxylic acids is 1. The highest BCUT2D eigenvalue weighted by Gasteiger charge is 2.83. The van der Waals surface area contributed by atoms with Crippen LogP contribution in [0, 0.1) is 50.2 Å². The van der Waals surface area contributed by atoms with Crippen molar-refractivity contribution in [3.05, 3.63) is 0 Å². The molecule has 1 spiro atoms. The van der Waals surface area contributed by atoms with E-state index in [9.17, 15) is 15.0 Å². The fourth-order valence-electron chi connectivity index (χ4n) is 11.9. The minimum atomic E-state index is -0.674. The van der Waals surface area contributed by atoms with Gasteiger partial charge in [-0.25, -0.2) is 0 Å². The molecule has 0 radical (unpaired) electrons. The number of fused-ring (bicyclic) bond motifs is 4. The predicted molar refractivity (Wildman–Crippen MR) is 145 cm³/mol. The fourth-order valence-corrected chi connectivity index (χ4v) is 13.7. The number of halogens is 1. The summed E-state index contributed by atoms with van der Waals surface area (Å²) in [6, 6.07) is 0. The summed E-state index contributed by atoms with van der Waals surface area (Å²) in [5, 5.41) is 22.1. The average Bonchev–Trinajstić information content (AvgIpc) is 2.94. The number of hydrogen-bond donors (Lipinski definition) is 2. The average molecular weight is 599 g/mol. The van der Waals surface area contributed by atoms with Crippen molar-refractivity contribution < 1.29 is 19.7 Å². The molecule has 0 aromatic rings. The van der Waals surface area contributed by atoms with E-state index in [4.69, 9.17) is 4.74 Å². The fraction of sp³-hybridized carbons (Fsp3) is 0.967. The van der Waals surface area contributed by atoms with Gasteiger partial charge in [-0.15, -0.1) is 0 Å². The van der Waals surface area contributed by atoms with Crippen LogP contribution in [0.15, 0.2) is 0 Å². The molecule has 0 aromatic heterocycles. The van der Waals surface area contributed by atoms with Gasteiger partial charge in [0.05, 0.1) is 21.5 Å². The summed E-state index contributed by atoms with van der Waals surface area (Å²) in [5.74, 6) is 1.25. The van der Waals surface area contributed by atoms with Crippen LogP contribution in [0.3, 0.4) is 0 Å². The molecule has 6 aliphatic rings. The van der Waals surface area contributed by atoms with E-state index in [0.29, 0.717) is 24.2 Å². The molecule has 5 saturated carbocycles. The molecule has 1 saturated heterocycles. The number of ether oxygens (including phenoxy) is 1. The maximum absolute atomic E-state index is 13.8. The topological polar surface area (TPSA) is 66.8 Å². The van der Waals surface area contributed by atoms with E-state index in [-0.39, 0.29) is 42.4 Å². The largest absolute Gasteiger partial charge is 0.457 e. The van der Waals surface area contributed by atoms with Crippen molar-refractivity contribution in [1.29, 1.82) is 0 Å². The van der Waals surface area contributed by atoms with Crippen molar-refractivity contribution in [2.24, 2.45) is 50.2 Å². The van der Waals surface area contributed by atoms with E-state index in [0.717, 1.165) is 51.4 Å². The Morgan fingerprint density at radius 1 is 0.857 bits per heavy atom. The third-order valence-electron chi connectivity index (χ3n) is 13.9. The van der Waals surface area contributed by atoms with Crippen LogP contribution in [0.2, 0.25) is 0 Å². The van der Waals surface area contributed by atoms with Crippen molar-refractivity contribution >= 4 is 28.6 Å². The first-order valence-electron chi connectivity index (χ1n) is 14.3. The molecule has 6 fully saturated rings. The summed E-state index contributed by atoms with van der Waals surface area (Å²) in [4.78, 5) is 13.8. The molecular formula is C30H47IO4. The third-order valence-corrected chi connectivity index (χ3v) is 15.4. The molecule has 1 heterocycles. The lowest BCUT2D eigenvalue weighted by Crippen LogP contribution is -2.75. The van der Waals surface area contributed by atoms with Crippen molar-refractivity contribution in [3.8, 4) is 0 Å². The number of carbonyl (C=O) groups is 1. The lowest BCUT2D eigenvalue weighted by atomic mass is 9.30. The summed E-state index contributed by atoms with van der Waals surface area (Å²) in [7, 11) is 0. The first-order valence-corrected chi connectivity index (χ1v) is 15.5. The zero-order valence-corrected chi connectivity index (χ0v) is 25.1. The van der Waals surface area contributed by atoms with Crippen LogP contribution in [-0.2, 0) is 9.53 Å². The monoisotopic (exact) mass is 598 g/mol. The van der Waals surface area contributed by atoms with Gasteiger partial charge in [-0.2, -0.15) is 0 Å². The van der Waals surface area contributed by atoms with Gasteiger partial charge in [0.2, 0.25) is 0 Å². The van der Waals surface area contributed by atoms with Gasteiger partial charge in [-0.3, -0.25) is 4.79 Å². The number of esters is 1. The highest BCUT2D eigenvalue weighted by atomic mass is 127. The van der Waals surface area contributed by atoms with E-state index in [1.807, 2.05) is 0 Å². The van der Waals surface area contributed by atoms with Crippen molar-refractivity contribution in [3.63, 3.8) is 0 Å². The van der Waals surface area contributed by atoms with Gasteiger partial charge >= 0.3 is 5.97 Å². The maximum Gasteiger partial charge on any atom is 0.313 e. The molecule has 5 heteroatoms. The summed E-state index contributed by atoms with van der Waals surface area (Å²) in [6.07, 6.45) is 7.81. The third kappa shape index (κ3) is 2.66. The molecule has 35 heavy (non-hydrogen) atoms. The molecule has 4 nitrogen and oxygen atoms in total. The molecule has 0 unspecified atom stereocenters. The Morgan fingerprint density at radius 3 is 2.20 bits per heavy atom. The van der Waals surface area contributed by atoms with E-state index in [2.05, 4.69) is 71.1 Å². The Hall–Kier alpha value is 0.120. The van der Waals surface area contributed by atoms with Crippen LogP contribution in [0.1, 0.15) is 106 Å². The van der Waals surface area contributed by atoms with Crippen LogP contribution >= 0.6 is 22.6 Å². The molecule has 2 N–H and O–H groups in total. The molecular weight excluding hydrogens is 551 g/mol. The molecule has 0 aromatic carbocycles. The van der Waals surface area contributed by atoms with Gasteiger partial charge in [0.25, 0.3) is 0 Å². The SMILES string of the molecule is CC1(C)CC[C@@]23CC[C@]4(C)[C@@](OC2=O)([C@@H]3C1)[C@@H](I)C[C@@H]1[C@@]2(C)C[C@@H](O)[C@H](O)C(C)(C)[C@@H]2CC[C@]14C. The normalized spacial score (nSPS) is 60.0. The first kappa shape index (κ1) is 25.4. The molecule has 6 rings (SSSR count). The van der Waals surface area contributed by atoms with Crippen LogP contribution < -0.4 is 0 Å². The molecule has 5 aliphatic carbocycles. The second-order valence-electron chi connectivity index (χ2n) is 15.9. The van der Waals surface area contributed by atoms with Gasteiger partial charge in [-0.05, 0) is 91.3 Å². The Morgan fingerprint density at radius 2 is 1.51 bits per heavy atom. The summed E-state index contributed by atoms with van der Waals surface area (Å²) >= 11 is 2.68. The van der Waals surface area contributed by atoms with Gasteiger partial charge in [0.1, 0.15) is 5.60 Å². The Labute approximate surface area is 225 Å². The van der Waals surface area contributed by atoms with Gasteiger partial charge < -0.3 is 14.9 Å². The Bertz CT molecular complexity index is 962. The van der Waals surface area contributed by atoms with Gasteiger partial charge in [-0.1, -0.05) is 71.1 Å². The minimum absolute atomic E-state index is 0.0355. The highest BCUT2D eigenvalue weighted by Crippen LogP contribution is 2.81. The van der Waals surface area contributed by atoms with Crippen LogP contribution in [-0.4, -0.2) is 37.9 Å². The molecule has 2 bridgehead atoms. The van der Waals surface area contributed by atoms with Crippen LogP contribution in [0.5, 0.6) is 0 Å². The second-order valence-corrected chi connectivity index (χ2v) is 17.4. The number of aliphatic hydroxyl groups excluding tert-OH is 2. The summed E-state index contributed by atoms with van der Waals surface area (Å²) in [5.41, 5.74) is -0.796. The second kappa shape index (κ2) is 7.00. The summed E-state index contributed by atoms with van der Waals surface area (Å²) < 4.78 is 7.12. The zero-order chi connectivity index (χ0) is 25.6. The molecule has 11 atom stereocenters. The van der Waals surface area contributed by atoms with Crippen LogP contribution in [0.4, 0.5) is 0 Å². The highest BCUT2D eigenvalue weighted by molar-refractivity contribution is 14.1. The first-order chi connectivity index (χ1) is 16.0. The van der Waals surface area contributed by atoms with E-state index in [1.165, 1.54) is 0 Å².